The number of anilines is 2. The molecule has 3 N–H and O–H groups in total. The number of nitrogens with one attached hydrogen (secondary N) is 1. The zero-order valence-electron chi connectivity index (χ0n) is 22.7. The predicted molar refractivity (Wildman–Crippen MR) is 158 cm³/mol. The number of nitrogens with zero attached hydrogens (tertiary/aromatic N) is 5. The van der Waals surface area contributed by atoms with Crippen molar-refractivity contribution in [3.8, 4) is 29.0 Å². The topological polar surface area (TPSA) is 110 Å². The van der Waals surface area contributed by atoms with E-state index in [0.29, 0.717) is 24.3 Å². The number of rotatable bonds is 4. The molecule has 0 spiro atoms. The molecule has 6 rings (SSSR count). The van der Waals surface area contributed by atoms with Crippen LogP contribution in [0.4, 0.5) is 19.7 Å². The van der Waals surface area contributed by atoms with Crippen molar-refractivity contribution >= 4 is 60.9 Å². The van der Waals surface area contributed by atoms with Crippen molar-refractivity contribution in [3.63, 3.8) is 0 Å². The Morgan fingerprint density at radius 2 is 1.93 bits per heavy atom. The van der Waals surface area contributed by atoms with E-state index in [1.54, 1.807) is 11.8 Å². The standard InChI is InChI=1S/C23H17ClF2N6O2S.C5H11N/c1-3-4-15(33)32-8-10(9-32)28-21-12-7-13(24)16(17(26)18(12)30-23(31-21)34-2)11-5-6-14(25)20-19(11)29-22(27)35-20;1-6-4-2-3-5-6/h5-7,10H,8-9H2,1-2H3,(H2,27,29)(H,28,30,31);2-5H2,1H3. The van der Waals surface area contributed by atoms with Crippen LogP contribution in [-0.2, 0) is 4.79 Å². The number of nitrogens with two attached hydrogens (primary N) is 1. The zero-order valence-corrected chi connectivity index (χ0v) is 24.3. The Bertz CT molecular complexity index is 1690. The molecular weight excluding hydrogens is 572 g/mol. The Kier molecular flexibility index (Phi) is 8.40. The summed E-state index contributed by atoms with van der Waals surface area (Å²) in [5.41, 5.74) is 6.25. The summed E-state index contributed by atoms with van der Waals surface area (Å²) in [6.07, 6.45) is 2.83. The van der Waals surface area contributed by atoms with E-state index in [9.17, 15) is 9.18 Å². The smallest absolute Gasteiger partial charge is 0.318 e. The van der Waals surface area contributed by atoms with Crippen LogP contribution in [0.25, 0.3) is 32.2 Å². The number of nitrogen functional groups attached to an aromatic ring is 1. The number of likely N-dealkylation sites (tertiary alicyclic amines) is 2. The number of hydrogen-bond donors (Lipinski definition) is 2. The van der Waals surface area contributed by atoms with Crippen molar-refractivity contribution in [2.45, 2.75) is 25.8 Å². The number of aromatic nitrogens is 3. The van der Waals surface area contributed by atoms with Gasteiger partial charge in [-0.05, 0) is 64.0 Å². The lowest BCUT2D eigenvalue weighted by atomic mass is 10.0. The molecule has 2 aromatic carbocycles. The number of benzene rings is 2. The molecule has 9 nitrogen and oxygen atoms in total. The van der Waals surface area contributed by atoms with Gasteiger partial charge in [0, 0.05) is 29.6 Å². The van der Waals surface area contributed by atoms with E-state index in [4.69, 9.17) is 22.1 Å². The summed E-state index contributed by atoms with van der Waals surface area (Å²) in [5, 5.41) is 3.74. The molecule has 0 bridgehead atoms. The highest BCUT2D eigenvalue weighted by Crippen LogP contribution is 2.42. The third-order valence-electron chi connectivity index (χ3n) is 6.90. The molecule has 2 saturated heterocycles. The molecule has 0 radical (unpaired) electrons. The first-order valence-corrected chi connectivity index (χ1v) is 14.1. The van der Waals surface area contributed by atoms with Crippen molar-refractivity contribution in [2.24, 2.45) is 0 Å². The maximum Gasteiger partial charge on any atom is 0.318 e. The summed E-state index contributed by atoms with van der Waals surface area (Å²) in [4.78, 5) is 28.5. The molecule has 1 amide bonds. The number of halogens is 3. The Hall–Kier alpha value is -3.79. The number of amides is 1. The summed E-state index contributed by atoms with van der Waals surface area (Å²) in [5.74, 6) is 3.87. The predicted octanol–water partition coefficient (Wildman–Crippen LogP) is 4.79. The normalized spacial score (nSPS) is 15.2. The number of carbonyl (C=O) groups excluding carboxylic acids is 1. The molecule has 13 heteroatoms. The molecule has 2 aliphatic heterocycles. The first-order chi connectivity index (χ1) is 19.7. The third kappa shape index (κ3) is 5.84. The lowest BCUT2D eigenvalue weighted by Crippen LogP contribution is -2.56. The number of methoxy groups -OCH3 is 1. The molecule has 214 valence electrons. The van der Waals surface area contributed by atoms with Crippen LogP contribution >= 0.6 is 22.9 Å². The van der Waals surface area contributed by atoms with Gasteiger partial charge in [-0.15, -0.1) is 0 Å². The molecule has 0 unspecified atom stereocenters. The van der Waals surface area contributed by atoms with Crippen molar-refractivity contribution in [3.05, 3.63) is 34.9 Å². The molecule has 2 fully saturated rings. The number of thiazole rings is 1. The average Bonchev–Trinajstić information content (AvgIpc) is 3.56. The fraction of sp³-hybridized carbons (Fsp3) is 0.357. The first-order valence-electron chi connectivity index (χ1n) is 13.0. The van der Waals surface area contributed by atoms with Crippen molar-refractivity contribution < 1.29 is 18.3 Å². The van der Waals surface area contributed by atoms with Crippen LogP contribution in [0.3, 0.4) is 0 Å². The second kappa shape index (κ2) is 12.0. The SMILES string of the molecule is CC#CC(=O)N1CC(Nc2nc(OC)nc3c(F)c(-c4ccc(F)c5sc(N)nc45)c(Cl)cc23)C1.CN1CCCC1. The van der Waals surface area contributed by atoms with Gasteiger partial charge < -0.3 is 25.6 Å². The largest absolute Gasteiger partial charge is 0.467 e. The Labute approximate surface area is 244 Å². The second-order valence-corrected chi connectivity index (χ2v) is 11.2. The summed E-state index contributed by atoms with van der Waals surface area (Å²) >= 11 is 7.51. The number of hydrogen-bond acceptors (Lipinski definition) is 9. The Balaban J connectivity index is 0.000000500. The van der Waals surface area contributed by atoms with Crippen LogP contribution in [0.5, 0.6) is 6.01 Å². The van der Waals surface area contributed by atoms with Crippen LogP contribution in [-0.4, -0.2) is 77.0 Å². The molecular formula is C28H28ClF2N7O2S. The molecule has 0 atom stereocenters. The Morgan fingerprint density at radius 1 is 1.20 bits per heavy atom. The third-order valence-corrected chi connectivity index (χ3v) is 8.09. The summed E-state index contributed by atoms with van der Waals surface area (Å²) < 4.78 is 35.6. The quantitative estimate of drug-likeness (QED) is 0.322. The minimum absolute atomic E-state index is 0.0136. The molecule has 2 aromatic heterocycles. The molecule has 41 heavy (non-hydrogen) atoms. The lowest BCUT2D eigenvalue weighted by molar-refractivity contribution is -0.128. The van der Waals surface area contributed by atoms with Crippen LogP contribution in [0.1, 0.15) is 19.8 Å². The maximum absolute atomic E-state index is 16.0. The highest BCUT2D eigenvalue weighted by Gasteiger charge is 2.31. The monoisotopic (exact) mass is 599 g/mol. The van der Waals surface area contributed by atoms with Gasteiger partial charge >= 0.3 is 6.01 Å². The van der Waals surface area contributed by atoms with Gasteiger partial charge in [0.05, 0.1) is 28.4 Å². The van der Waals surface area contributed by atoms with Crippen LogP contribution in [0.15, 0.2) is 18.2 Å². The highest BCUT2D eigenvalue weighted by atomic mass is 35.5. The summed E-state index contributed by atoms with van der Waals surface area (Å²) in [6, 6.07) is 3.97. The fourth-order valence-electron chi connectivity index (χ4n) is 4.81. The van der Waals surface area contributed by atoms with Crippen LogP contribution < -0.4 is 15.8 Å². The van der Waals surface area contributed by atoms with Gasteiger partial charge in [0.2, 0.25) is 0 Å². The van der Waals surface area contributed by atoms with E-state index < -0.39 is 11.6 Å². The van der Waals surface area contributed by atoms with Gasteiger partial charge in [0.25, 0.3) is 5.91 Å². The van der Waals surface area contributed by atoms with E-state index >= 15 is 4.39 Å². The maximum atomic E-state index is 16.0. The first kappa shape index (κ1) is 28.7. The van der Waals surface area contributed by atoms with Crippen LogP contribution in [0.2, 0.25) is 5.02 Å². The van der Waals surface area contributed by atoms with Gasteiger partial charge in [-0.2, -0.15) is 9.97 Å². The van der Waals surface area contributed by atoms with Crippen molar-refractivity contribution in [1.82, 2.24) is 24.8 Å². The zero-order chi connectivity index (χ0) is 29.3. The lowest BCUT2D eigenvalue weighted by Gasteiger charge is -2.38. The number of fused-ring (bicyclic) bond motifs is 2. The van der Waals surface area contributed by atoms with Gasteiger partial charge in [0.1, 0.15) is 17.2 Å². The average molecular weight is 600 g/mol. The summed E-state index contributed by atoms with van der Waals surface area (Å²) in [7, 11) is 3.54. The Morgan fingerprint density at radius 3 is 2.56 bits per heavy atom. The van der Waals surface area contributed by atoms with Crippen molar-refractivity contribution in [2.75, 3.05) is 51.4 Å². The highest BCUT2D eigenvalue weighted by molar-refractivity contribution is 7.22. The molecule has 4 aromatic rings. The number of ether oxygens (including phenoxy) is 1. The minimum Gasteiger partial charge on any atom is -0.467 e. The van der Waals surface area contributed by atoms with E-state index in [2.05, 4.69) is 44.1 Å². The molecule has 2 aliphatic rings. The van der Waals surface area contributed by atoms with E-state index in [1.807, 2.05) is 0 Å². The summed E-state index contributed by atoms with van der Waals surface area (Å²) in [6.45, 7) is 5.06. The van der Waals surface area contributed by atoms with Gasteiger partial charge in [0.15, 0.2) is 10.9 Å². The van der Waals surface area contributed by atoms with E-state index in [1.165, 1.54) is 51.2 Å². The molecule has 0 saturated carbocycles. The van der Waals surface area contributed by atoms with E-state index in [0.717, 1.165) is 11.3 Å². The van der Waals surface area contributed by atoms with Gasteiger partial charge in [-0.1, -0.05) is 28.9 Å². The second-order valence-electron chi connectivity index (χ2n) is 9.76. The fourth-order valence-corrected chi connectivity index (χ4v) is 5.87. The minimum atomic E-state index is -0.737. The van der Waals surface area contributed by atoms with Crippen molar-refractivity contribution in [1.29, 1.82) is 0 Å². The molecule has 0 aliphatic carbocycles. The molecule has 4 heterocycles. The number of carbonyl (C=O) groups is 1. The van der Waals surface area contributed by atoms with E-state index in [-0.39, 0.29) is 55.0 Å². The van der Waals surface area contributed by atoms with Gasteiger partial charge in [-0.3, -0.25) is 4.79 Å². The van der Waals surface area contributed by atoms with Gasteiger partial charge in [-0.25, -0.2) is 13.8 Å². The van der Waals surface area contributed by atoms with Crippen LogP contribution in [0, 0.1) is 23.5 Å².